The quantitative estimate of drug-likeness (QED) is 0.860. The van der Waals surface area contributed by atoms with Crippen molar-refractivity contribution in [3.8, 4) is 0 Å². The third-order valence-corrected chi connectivity index (χ3v) is 3.63. The number of nitrogens with zero attached hydrogens (tertiary/aromatic N) is 1. The van der Waals surface area contributed by atoms with Crippen molar-refractivity contribution in [2.24, 2.45) is 11.7 Å². The van der Waals surface area contributed by atoms with E-state index < -0.39 is 5.97 Å². The number of hydrogen-bond donors (Lipinski definition) is 1. The van der Waals surface area contributed by atoms with Gasteiger partial charge in [-0.2, -0.15) is 0 Å². The third kappa shape index (κ3) is 2.94. The van der Waals surface area contributed by atoms with Gasteiger partial charge in [0.1, 0.15) is 0 Å². The molecule has 1 saturated heterocycles. The summed E-state index contributed by atoms with van der Waals surface area (Å²) in [6.45, 7) is 3.04. The van der Waals surface area contributed by atoms with Gasteiger partial charge in [-0.3, -0.25) is 4.79 Å². The Balaban J connectivity index is 2.28. The molecular formula is C14H17ClN2O3. The molecule has 1 aromatic carbocycles. The highest BCUT2D eigenvalue weighted by molar-refractivity contribution is 6.33. The molecule has 1 aromatic rings. The van der Waals surface area contributed by atoms with E-state index >= 15 is 0 Å². The third-order valence-electron chi connectivity index (χ3n) is 3.30. The minimum Gasteiger partial charge on any atom is -0.462 e. The fourth-order valence-corrected chi connectivity index (χ4v) is 2.43. The van der Waals surface area contributed by atoms with Gasteiger partial charge in [-0.05, 0) is 37.6 Å². The number of ether oxygens (including phenoxy) is 1. The monoisotopic (exact) mass is 296 g/mol. The Bertz CT molecular complexity index is 533. The molecular weight excluding hydrogens is 280 g/mol. The van der Waals surface area contributed by atoms with Crippen molar-refractivity contribution in [2.75, 3.05) is 24.6 Å². The maximum Gasteiger partial charge on any atom is 0.339 e. The fourth-order valence-electron chi connectivity index (χ4n) is 2.24. The van der Waals surface area contributed by atoms with Crippen molar-refractivity contribution < 1.29 is 14.3 Å². The molecule has 108 valence electrons. The van der Waals surface area contributed by atoms with Crippen LogP contribution in [0.1, 0.15) is 23.7 Å². The summed E-state index contributed by atoms with van der Waals surface area (Å²) in [7, 11) is 0. The molecule has 0 spiro atoms. The predicted molar refractivity (Wildman–Crippen MR) is 76.9 cm³/mol. The molecule has 1 fully saturated rings. The van der Waals surface area contributed by atoms with E-state index in [0.717, 1.165) is 0 Å². The van der Waals surface area contributed by atoms with Crippen LogP contribution in [0.15, 0.2) is 18.2 Å². The molecule has 0 bridgehead atoms. The van der Waals surface area contributed by atoms with E-state index in [1.165, 1.54) is 0 Å². The molecule has 1 amide bonds. The smallest absolute Gasteiger partial charge is 0.339 e. The van der Waals surface area contributed by atoms with Gasteiger partial charge in [0.2, 0.25) is 5.91 Å². The van der Waals surface area contributed by atoms with Crippen LogP contribution in [0.5, 0.6) is 0 Å². The minimum atomic E-state index is -0.485. The Morgan fingerprint density at radius 1 is 1.55 bits per heavy atom. The molecule has 5 nitrogen and oxygen atoms in total. The Kier molecular flexibility index (Phi) is 4.62. The maximum atomic E-state index is 12.0. The molecule has 1 aliphatic heterocycles. The second-order valence-electron chi connectivity index (χ2n) is 4.69. The fraction of sp³-hybridized carbons (Fsp3) is 0.429. The van der Waals surface area contributed by atoms with Gasteiger partial charge in [0.15, 0.2) is 0 Å². The largest absolute Gasteiger partial charge is 0.462 e. The molecule has 0 aromatic heterocycles. The van der Waals surface area contributed by atoms with Gasteiger partial charge >= 0.3 is 5.97 Å². The molecule has 1 heterocycles. The summed E-state index contributed by atoms with van der Waals surface area (Å²) in [5.74, 6) is -0.317. The number of rotatable bonds is 4. The van der Waals surface area contributed by atoms with E-state index in [1.54, 1.807) is 30.0 Å². The van der Waals surface area contributed by atoms with E-state index in [4.69, 9.17) is 22.1 Å². The van der Waals surface area contributed by atoms with Crippen molar-refractivity contribution in [1.82, 2.24) is 0 Å². The van der Waals surface area contributed by atoms with Gasteiger partial charge in [0, 0.05) is 18.7 Å². The van der Waals surface area contributed by atoms with Crippen LogP contribution in [0.25, 0.3) is 0 Å². The predicted octanol–water partition coefficient (Wildman–Crippen LogP) is 1.83. The van der Waals surface area contributed by atoms with Crippen molar-refractivity contribution in [3.05, 3.63) is 28.8 Å². The molecule has 6 heteroatoms. The van der Waals surface area contributed by atoms with E-state index in [0.29, 0.717) is 30.2 Å². The standard InChI is InChI=1S/C14H17ClN2O3/c1-2-20-14(19)11-6-10(3-4-12(11)15)17-8-9(7-16)5-13(17)18/h3-4,6,9H,2,5,7-8,16H2,1H3. The van der Waals surface area contributed by atoms with Crippen LogP contribution in [-0.4, -0.2) is 31.6 Å². The average Bonchev–Trinajstić information content (AvgIpc) is 2.81. The SMILES string of the molecule is CCOC(=O)c1cc(N2CC(CN)CC2=O)ccc1Cl. The lowest BCUT2D eigenvalue weighted by molar-refractivity contribution is -0.117. The van der Waals surface area contributed by atoms with Crippen LogP contribution < -0.4 is 10.6 Å². The van der Waals surface area contributed by atoms with Gasteiger partial charge in [-0.25, -0.2) is 4.79 Å². The van der Waals surface area contributed by atoms with Crippen LogP contribution in [-0.2, 0) is 9.53 Å². The Morgan fingerprint density at radius 2 is 2.30 bits per heavy atom. The minimum absolute atomic E-state index is 0.0116. The first kappa shape index (κ1) is 14.8. The number of carbonyl (C=O) groups is 2. The van der Waals surface area contributed by atoms with Crippen LogP contribution in [0.2, 0.25) is 5.02 Å². The van der Waals surface area contributed by atoms with Crippen molar-refractivity contribution in [1.29, 1.82) is 0 Å². The highest BCUT2D eigenvalue weighted by Gasteiger charge is 2.30. The molecule has 0 aliphatic carbocycles. The van der Waals surface area contributed by atoms with Gasteiger partial charge in [0.05, 0.1) is 17.2 Å². The number of esters is 1. The Morgan fingerprint density at radius 3 is 2.90 bits per heavy atom. The normalized spacial score (nSPS) is 18.4. The van der Waals surface area contributed by atoms with Gasteiger partial charge in [0.25, 0.3) is 0 Å². The molecule has 0 radical (unpaired) electrons. The number of halogens is 1. The highest BCUT2D eigenvalue weighted by atomic mass is 35.5. The van der Waals surface area contributed by atoms with Crippen molar-refractivity contribution in [2.45, 2.75) is 13.3 Å². The number of benzene rings is 1. The molecule has 1 unspecified atom stereocenters. The summed E-state index contributed by atoms with van der Waals surface area (Å²) in [6.07, 6.45) is 0.438. The Labute approximate surface area is 122 Å². The zero-order valence-corrected chi connectivity index (χ0v) is 12.0. The molecule has 2 rings (SSSR count). The lowest BCUT2D eigenvalue weighted by Gasteiger charge is -2.17. The number of amides is 1. The lowest BCUT2D eigenvalue weighted by Crippen LogP contribution is -2.26. The second kappa shape index (κ2) is 6.24. The molecule has 1 aliphatic rings. The number of anilines is 1. The van der Waals surface area contributed by atoms with E-state index in [1.807, 2.05) is 0 Å². The van der Waals surface area contributed by atoms with Gasteiger partial charge < -0.3 is 15.4 Å². The number of carbonyl (C=O) groups excluding carboxylic acids is 2. The van der Waals surface area contributed by atoms with E-state index in [9.17, 15) is 9.59 Å². The van der Waals surface area contributed by atoms with E-state index in [-0.39, 0.29) is 24.0 Å². The summed E-state index contributed by atoms with van der Waals surface area (Å²) < 4.78 is 4.95. The van der Waals surface area contributed by atoms with Crippen LogP contribution in [0.3, 0.4) is 0 Å². The first-order valence-corrected chi connectivity index (χ1v) is 6.91. The highest BCUT2D eigenvalue weighted by Crippen LogP contribution is 2.28. The van der Waals surface area contributed by atoms with Gasteiger partial charge in [-0.15, -0.1) is 0 Å². The summed E-state index contributed by atoms with van der Waals surface area (Å²) in [4.78, 5) is 25.4. The topological polar surface area (TPSA) is 72.6 Å². The number of hydrogen-bond acceptors (Lipinski definition) is 4. The van der Waals surface area contributed by atoms with E-state index in [2.05, 4.69) is 0 Å². The average molecular weight is 297 g/mol. The number of nitrogens with two attached hydrogens (primary N) is 1. The van der Waals surface area contributed by atoms with Crippen molar-refractivity contribution >= 4 is 29.2 Å². The lowest BCUT2D eigenvalue weighted by atomic mass is 10.1. The maximum absolute atomic E-state index is 12.0. The zero-order chi connectivity index (χ0) is 14.7. The van der Waals surface area contributed by atoms with Gasteiger partial charge in [-0.1, -0.05) is 11.6 Å². The van der Waals surface area contributed by atoms with Crippen LogP contribution >= 0.6 is 11.6 Å². The first-order valence-electron chi connectivity index (χ1n) is 6.54. The van der Waals surface area contributed by atoms with Crippen molar-refractivity contribution in [3.63, 3.8) is 0 Å². The summed E-state index contributed by atoms with van der Waals surface area (Å²) >= 11 is 6.00. The summed E-state index contributed by atoms with van der Waals surface area (Å²) in [5, 5.41) is 0.314. The second-order valence-corrected chi connectivity index (χ2v) is 5.10. The van der Waals surface area contributed by atoms with Crippen LogP contribution in [0.4, 0.5) is 5.69 Å². The molecule has 20 heavy (non-hydrogen) atoms. The molecule has 0 saturated carbocycles. The Hall–Kier alpha value is -1.59. The summed E-state index contributed by atoms with van der Waals surface area (Å²) in [5.41, 5.74) is 6.53. The van der Waals surface area contributed by atoms with Crippen LogP contribution in [0, 0.1) is 5.92 Å². The summed E-state index contributed by atoms with van der Waals surface area (Å²) in [6, 6.07) is 4.92. The molecule has 2 N–H and O–H groups in total. The molecule has 1 atom stereocenters. The zero-order valence-electron chi connectivity index (χ0n) is 11.3. The first-order chi connectivity index (χ1) is 9.56.